The molecule has 2 rings (SSSR count). The number of hydrogen-bond acceptors (Lipinski definition) is 5. The van der Waals surface area contributed by atoms with Gasteiger partial charge in [0.15, 0.2) is 5.78 Å². The Labute approximate surface area is 107 Å². The molecule has 0 saturated carbocycles. The minimum absolute atomic E-state index is 0. The second kappa shape index (κ2) is 7.32. The van der Waals surface area contributed by atoms with Gasteiger partial charge in [0.1, 0.15) is 5.69 Å². The third-order valence-corrected chi connectivity index (χ3v) is 2.74. The van der Waals surface area contributed by atoms with E-state index in [2.05, 4.69) is 20.6 Å². The van der Waals surface area contributed by atoms with Gasteiger partial charge in [-0.05, 0) is 25.9 Å². The van der Waals surface area contributed by atoms with Gasteiger partial charge in [-0.15, -0.1) is 12.4 Å². The van der Waals surface area contributed by atoms with Crippen LogP contribution in [0.5, 0.6) is 0 Å². The first-order chi connectivity index (χ1) is 7.86. The fourth-order valence-electron chi connectivity index (χ4n) is 1.80. The molecule has 2 heterocycles. The molecule has 0 atom stereocenters. The van der Waals surface area contributed by atoms with Gasteiger partial charge in [-0.2, -0.15) is 0 Å². The number of nitrogens with zero attached hydrogens (tertiary/aromatic N) is 2. The Morgan fingerprint density at radius 1 is 1.41 bits per heavy atom. The lowest BCUT2D eigenvalue weighted by atomic mass is 10.1. The van der Waals surface area contributed by atoms with Gasteiger partial charge in [0.25, 0.3) is 0 Å². The minimum atomic E-state index is 0. The van der Waals surface area contributed by atoms with Crippen molar-refractivity contribution in [2.45, 2.75) is 18.9 Å². The fraction of sp³-hybridized carbons (Fsp3) is 0.545. The van der Waals surface area contributed by atoms with Crippen molar-refractivity contribution in [2.75, 3.05) is 19.6 Å². The zero-order valence-corrected chi connectivity index (χ0v) is 10.4. The molecule has 0 radical (unpaired) electrons. The molecule has 1 aromatic rings. The molecule has 2 N–H and O–H groups in total. The summed E-state index contributed by atoms with van der Waals surface area (Å²) in [4.78, 5) is 19.6. The first kappa shape index (κ1) is 14.0. The Hall–Kier alpha value is -1.04. The molecule has 94 valence electrons. The van der Waals surface area contributed by atoms with E-state index in [1.807, 2.05) is 0 Å². The number of hydrogen-bond donors (Lipinski definition) is 2. The van der Waals surface area contributed by atoms with Crippen LogP contribution >= 0.6 is 12.4 Å². The van der Waals surface area contributed by atoms with Crippen molar-refractivity contribution in [3.8, 4) is 0 Å². The van der Waals surface area contributed by atoms with Crippen molar-refractivity contribution in [1.29, 1.82) is 0 Å². The van der Waals surface area contributed by atoms with Gasteiger partial charge >= 0.3 is 0 Å². The van der Waals surface area contributed by atoms with Crippen molar-refractivity contribution in [2.24, 2.45) is 0 Å². The Morgan fingerprint density at radius 2 is 2.18 bits per heavy atom. The molecule has 0 spiro atoms. The van der Waals surface area contributed by atoms with Gasteiger partial charge in [0.2, 0.25) is 0 Å². The normalized spacial score (nSPS) is 16.2. The highest BCUT2D eigenvalue weighted by Gasteiger charge is 2.14. The lowest BCUT2D eigenvalue weighted by Gasteiger charge is -2.23. The molecule has 0 aromatic carbocycles. The standard InChI is InChI=1S/C11H16N4O.ClH/c16-11(10-7-13-5-6-14-10)8-15-9-1-3-12-4-2-9;/h5-7,9,12,15H,1-4,8H2;1H. The number of Topliss-reactive ketones (excluding diaryl/α,β-unsaturated/α-hetero) is 1. The molecule has 1 aliphatic heterocycles. The lowest BCUT2D eigenvalue weighted by molar-refractivity contribution is 0.0980. The van der Waals surface area contributed by atoms with Crippen LogP contribution in [-0.2, 0) is 0 Å². The van der Waals surface area contributed by atoms with Crippen molar-refractivity contribution < 1.29 is 4.79 Å². The topological polar surface area (TPSA) is 66.9 Å². The maximum Gasteiger partial charge on any atom is 0.196 e. The van der Waals surface area contributed by atoms with Crippen LogP contribution in [0.3, 0.4) is 0 Å². The third kappa shape index (κ3) is 4.38. The summed E-state index contributed by atoms with van der Waals surface area (Å²) in [7, 11) is 0. The quantitative estimate of drug-likeness (QED) is 0.765. The van der Waals surface area contributed by atoms with Gasteiger partial charge < -0.3 is 10.6 Å². The highest BCUT2D eigenvalue weighted by molar-refractivity contribution is 5.95. The molecule has 0 aliphatic carbocycles. The van der Waals surface area contributed by atoms with Crippen LogP contribution in [0.4, 0.5) is 0 Å². The van der Waals surface area contributed by atoms with E-state index in [1.54, 1.807) is 6.20 Å². The number of carbonyl (C=O) groups is 1. The fourth-order valence-corrected chi connectivity index (χ4v) is 1.80. The summed E-state index contributed by atoms with van der Waals surface area (Å²) >= 11 is 0. The van der Waals surface area contributed by atoms with Crippen LogP contribution in [0.1, 0.15) is 23.3 Å². The van der Waals surface area contributed by atoms with Crippen LogP contribution in [0.25, 0.3) is 0 Å². The highest BCUT2D eigenvalue weighted by atomic mass is 35.5. The smallest absolute Gasteiger partial charge is 0.196 e. The predicted molar refractivity (Wildman–Crippen MR) is 67.5 cm³/mol. The number of piperidine rings is 1. The Morgan fingerprint density at radius 3 is 2.82 bits per heavy atom. The van der Waals surface area contributed by atoms with E-state index in [1.165, 1.54) is 12.4 Å². The predicted octanol–water partition coefficient (Wildman–Crippen LogP) is 0.423. The second-order valence-corrected chi connectivity index (χ2v) is 3.92. The highest BCUT2D eigenvalue weighted by Crippen LogP contribution is 2.01. The van der Waals surface area contributed by atoms with E-state index in [9.17, 15) is 4.79 Å². The molecule has 1 aromatic heterocycles. The first-order valence-corrected chi connectivity index (χ1v) is 5.59. The van der Waals surface area contributed by atoms with Crippen molar-refractivity contribution in [3.63, 3.8) is 0 Å². The molecular weight excluding hydrogens is 240 g/mol. The van der Waals surface area contributed by atoms with Crippen LogP contribution in [0.15, 0.2) is 18.6 Å². The molecule has 1 aliphatic rings. The minimum Gasteiger partial charge on any atom is -0.317 e. The monoisotopic (exact) mass is 256 g/mol. The van der Waals surface area contributed by atoms with Crippen molar-refractivity contribution in [3.05, 3.63) is 24.3 Å². The average molecular weight is 257 g/mol. The molecule has 17 heavy (non-hydrogen) atoms. The summed E-state index contributed by atoms with van der Waals surface area (Å²) in [5.74, 6) is 0.00614. The number of carbonyl (C=O) groups excluding carboxylic acids is 1. The van der Waals surface area contributed by atoms with Crippen LogP contribution in [0, 0.1) is 0 Å². The van der Waals surface area contributed by atoms with Gasteiger partial charge in [-0.25, -0.2) is 4.98 Å². The number of aromatic nitrogens is 2. The first-order valence-electron chi connectivity index (χ1n) is 5.59. The summed E-state index contributed by atoms with van der Waals surface area (Å²) in [6.45, 7) is 2.40. The van der Waals surface area contributed by atoms with Gasteiger partial charge in [-0.1, -0.05) is 0 Å². The molecule has 1 fully saturated rings. The molecule has 0 bridgehead atoms. The van der Waals surface area contributed by atoms with E-state index in [0.29, 0.717) is 18.3 Å². The number of halogens is 1. The number of rotatable bonds is 4. The lowest BCUT2D eigenvalue weighted by Crippen LogP contribution is -2.42. The van der Waals surface area contributed by atoms with E-state index in [4.69, 9.17) is 0 Å². The van der Waals surface area contributed by atoms with E-state index in [0.717, 1.165) is 25.9 Å². The molecule has 0 unspecified atom stereocenters. The Balaban J connectivity index is 0.00000144. The molecule has 1 saturated heterocycles. The largest absolute Gasteiger partial charge is 0.317 e. The summed E-state index contributed by atoms with van der Waals surface area (Å²) in [6.07, 6.45) is 6.77. The summed E-state index contributed by atoms with van der Waals surface area (Å²) < 4.78 is 0. The van der Waals surface area contributed by atoms with Crippen molar-refractivity contribution in [1.82, 2.24) is 20.6 Å². The molecule has 6 heteroatoms. The van der Waals surface area contributed by atoms with E-state index in [-0.39, 0.29) is 18.2 Å². The Bertz CT molecular complexity index is 341. The average Bonchev–Trinajstić information content (AvgIpc) is 2.38. The maximum absolute atomic E-state index is 11.7. The number of ketones is 1. The van der Waals surface area contributed by atoms with Crippen molar-refractivity contribution >= 4 is 18.2 Å². The van der Waals surface area contributed by atoms with Crippen LogP contribution < -0.4 is 10.6 Å². The Kier molecular flexibility index (Phi) is 6.04. The van der Waals surface area contributed by atoms with Crippen LogP contribution in [0.2, 0.25) is 0 Å². The van der Waals surface area contributed by atoms with Crippen LogP contribution in [-0.4, -0.2) is 41.4 Å². The maximum atomic E-state index is 11.7. The van der Waals surface area contributed by atoms with Gasteiger partial charge in [-0.3, -0.25) is 9.78 Å². The van der Waals surface area contributed by atoms with E-state index >= 15 is 0 Å². The molecule has 5 nitrogen and oxygen atoms in total. The zero-order valence-electron chi connectivity index (χ0n) is 9.56. The summed E-state index contributed by atoms with van der Waals surface area (Å²) in [6, 6.07) is 0.446. The molecule has 0 amide bonds. The third-order valence-electron chi connectivity index (χ3n) is 2.74. The summed E-state index contributed by atoms with van der Waals surface area (Å²) in [5, 5.41) is 6.55. The SMILES string of the molecule is Cl.O=C(CNC1CCNCC1)c1cnccn1. The summed E-state index contributed by atoms with van der Waals surface area (Å²) in [5.41, 5.74) is 0.434. The van der Waals surface area contributed by atoms with E-state index < -0.39 is 0 Å². The van der Waals surface area contributed by atoms with Gasteiger partial charge in [0, 0.05) is 18.4 Å². The molecular formula is C11H17ClN4O. The zero-order chi connectivity index (χ0) is 11.2. The van der Waals surface area contributed by atoms with Gasteiger partial charge in [0.05, 0.1) is 12.7 Å². The number of nitrogens with one attached hydrogen (secondary N) is 2. The second-order valence-electron chi connectivity index (χ2n) is 3.92.